The summed E-state index contributed by atoms with van der Waals surface area (Å²) in [4.78, 5) is 34.2. The van der Waals surface area contributed by atoms with Crippen molar-refractivity contribution in [2.75, 3.05) is 41.3 Å². The minimum Gasteiger partial charge on any atom is -0.372 e. The standard InChI is InChI=1S/C29H40N8O2/c1-6-36(7-2)21-12-10-19(11-13-21)31-27-22(26(30)38)14-15-25(33-27)37-16-8-9-20(18-37)32-28(39)23-17-24(35-34-23)29(3,4)5/h10-15,17,20H,6-9,16,18H2,1-5H3,(H2,30,38)(H,31,33)(H,32,39)(H,34,35). The number of aromatic amines is 1. The van der Waals surface area contributed by atoms with Crippen molar-refractivity contribution >= 4 is 34.8 Å². The molecule has 3 aromatic rings. The number of nitrogens with one attached hydrogen (secondary N) is 3. The Morgan fingerprint density at radius 2 is 1.85 bits per heavy atom. The first kappa shape index (κ1) is 27.9. The van der Waals surface area contributed by atoms with Crippen LogP contribution < -0.4 is 26.2 Å². The first-order valence-corrected chi connectivity index (χ1v) is 13.6. The third-order valence-electron chi connectivity index (χ3n) is 7.08. The summed E-state index contributed by atoms with van der Waals surface area (Å²) in [7, 11) is 0. The summed E-state index contributed by atoms with van der Waals surface area (Å²) in [5, 5.41) is 13.6. The van der Waals surface area contributed by atoms with Gasteiger partial charge in [0.25, 0.3) is 11.8 Å². The highest BCUT2D eigenvalue weighted by Gasteiger charge is 2.26. The SMILES string of the molecule is CCN(CC)c1ccc(Nc2nc(N3CCCC(NC(=O)c4cc(C(C)(C)C)n[nH]4)C3)ccc2C(N)=O)cc1. The molecule has 0 radical (unpaired) electrons. The molecule has 1 saturated heterocycles. The summed E-state index contributed by atoms with van der Waals surface area (Å²) in [6, 6.07) is 13.3. The highest BCUT2D eigenvalue weighted by molar-refractivity contribution is 5.98. The fourth-order valence-electron chi connectivity index (χ4n) is 4.79. The van der Waals surface area contributed by atoms with Crippen LogP contribution in [0.2, 0.25) is 0 Å². The molecule has 10 nitrogen and oxygen atoms in total. The Hall–Kier alpha value is -4.08. The molecule has 208 valence electrons. The van der Waals surface area contributed by atoms with Crippen molar-refractivity contribution in [2.45, 2.75) is 58.9 Å². The average molecular weight is 533 g/mol. The Morgan fingerprint density at radius 3 is 2.46 bits per heavy atom. The molecule has 0 aliphatic carbocycles. The average Bonchev–Trinajstić information content (AvgIpc) is 3.42. The molecule has 5 N–H and O–H groups in total. The maximum absolute atomic E-state index is 12.9. The van der Waals surface area contributed by atoms with Crippen molar-refractivity contribution in [3.05, 3.63) is 59.4 Å². The maximum Gasteiger partial charge on any atom is 0.269 e. The summed E-state index contributed by atoms with van der Waals surface area (Å²) in [5.74, 6) is 0.415. The van der Waals surface area contributed by atoms with E-state index >= 15 is 0 Å². The number of amides is 2. The number of nitrogens with zero attached hydrogens (tertiary/aromatic N) is 4. The fraction of sp³-hybridized carbons (Fsp3) is 0.448. The predicted molar refractivity (Wildman–Crippen MR) is 156 cm³/mol. The number of primary amides is 1. The van der Waals surface area contributed by atoms with E-state index in [9.17, 15) is 9.59 Å². The number of piperidine rings is 1. The largest absolute Gasteiger partial charge is 0.372 e. The molecule has 1 aliphatic heterocycles. The quantitative estimate of drug-likeness (QED) is 0.325. The summed E-state index contributed by atoms with van der Waals surface area (Å²) < 4.78 is 0. The van der Waals surface area contributed by atoms with Gasteiger partial charge in [0.2, 0.25) is 0 Å². The summed E-state index contributed by atoms with van der Waals surface area (Å²) >= 11 is 0. The van der Waals surface area contributed by atoms with Crippen LogP contribution in [0, 0.1) is 0 Å². The lowest BCUT2D eigenvalue weighted by Gasteiger charge is -2.34. The van der Waals surface area contributed by atoms with Crippen LogP contribution in [0.1, 0.15) is 74.0 Å². The zero-order valence-corrected chi connectivity index (χ0v) is 23.5. The second kappa shape index (κ2) is 11.8. The van der Waals surface area contributed by atoms with Gasteiger partial charge in [0.05, 0.1) is 11.3 Å². The highest BCUT2D eigenvalue weighted by Crippen LogP contribution is 2.27. The second-order valence-electron chi connectivity index (χ2n) is 10.9. The molecule has 2 amide bonds. The van der Waals surface area contributed by atoms with Gasteiger partial charge in [0.15, 0.2) is 0 Å². The first-order chi connectivity index (χ1) is 18.6. The number of H-pyrrole nitrogens is 1. The predicted octanol–water partition coefficient (Wildman–Crippen LogP) is 4.19. The van der Waals surface area contributed by atoms with Crippen molar-refractivity contribution in [1.82, 2.24) is 20.5 Å². The smallest absolute Gasteiger partial charge is 0.269 e. The normalized spacial score (nSPS) is 15.6. The fourth-order valence-corrected chi connectivity index (χ4v) is 4.79. The number of aromatic nitrogens is 3. The Labute approximate surface area is 230 Å². The lowest BCUT2D eigenvalue weighted by Crippen LogP contribution is -2.48. The summed E-state index contributed by atoms with van der Waals surface area (Å²) in [6.07, 6.45) is 1.77. The van der Waals surface area contributed by atoms with Crippen LogP contribution in [0.25, 0.3) is 0 Å². The maximum atomic E-state index is 12.9. The zero-order chi connectivity index (χ0) is 28.2. The molecule has 1 atom stereocenters. The Balaban J connectivity index is 1.48. The molecular formula is C29H40N8O2. The van der Waals surface area contributed by atoms with Crippen molar-refractivity contribution < 1.29 is 9.59 Å². The van der Waals surface area contributed by atoms with Gasteiger partial charge in [-0.05, 0) is 69.2 Å². The number of rotatable bonds is 9. The van der Waals surface area contributed by atoms with Gasteiger partial charge in [-0.3, -0.25) is 14.7 Å². The molecule has 0 spiro atoms. The molecule has 3 heterocycles. The van der Waals surface area contributed by atoms with Crippen LogP contribution in [-0.4, -0.2) is 59.2 Å². The number of carbonyl (C=O) groups excluding carboxylic acids is 2. The van der Waals surface area contributed by atoms with Gasteiger partial charge in [-0.25, -0.2) is 4.98 Å². The van der Waals surface area contributed by atoms with E-state index < -0.39 is 5.91 Å². The topological polar surface area (TPSA) is 132 Å². The first-order valence-electron chi connectivity index (χ1n) is 13.6. The summed E-state index contributed by atoms with van der Waals surface area (Å²) in [6.45, 7) is 13.7. The molecule has 0 saturated carbocycles. The lowest BCUT2D eigenvalue weighted by atomic mass is 9.92. The van der Waals surface area contributed by atoms with Gasteiger partial charge in [-0.2, -0.15) is 5.10 Å². The van der Waals surface area contributed by atoms with Gasteiger partial charge in [0, 0.05) is 49.0 Å². The minimum absolute atomic E-state index is 0.0470. The van der Waals surface area contributed by atoms with E-state index in [1.165, 1.54) is 0 Å². The van der Waals surface area contributed by atoms with E-state index in [0.29, 0.717) is 23.6 Å². The Morgan fingerprint density at radius 1 is 1.13 bits per heavy atom. The number of hydrogen-bond acceptors (Lipinski definition) is 7. The van der Waals surface area contributed by atoms with E-state index in [2.05, 4.69) is 65.2 Å². The van der Waals surface area contributed by atoms with E-state index in [0.717, 1.165) is 55.4 Å². The number of carbonyl (C=O) groups is 2. The lowest BCUT2D eigenvalue weighted by molar-refractivity contribution is 0.0927. The number of pyridine rings is 1. The highest BCUT2D eigenvalue weighted by atomic mass is 16.2. The van der Waals surface area contributed by atoms with Gasteiger partial charge in [-0.15, -0.1) is 0 Å². The van der Waals surface area contributed by atoms with Gasteiger partial charge in [0.1, 0.15) is 17.3 Å². The summed E-state index contributed by atoms with van der Waals surface area (Å²) in [5.41, 5.74) is 9.10. The van der Waals surface area contributed by atoms with Crippen LogP contribution in [0.5, 0.6) is 0 Å². The van der Waals surface area contributed by atoms with Crippen LogP contribution in [0.15, 0.2) is 42.5 Å². The Bertz CT molecular complexity index is 1290. The molecule has 1 aromatic carbocycles. The monoisotopic (exact) mass is 532 g/mol. The molecule has 4 rings (SSSR count). The van der Waals surface area contributed by atoms with Gasteiger partial charge >= 0.3 is 0 Å². The van der Waals surface area contributed by atoms with Gasteiger partial charge < -0.3 is 26.2 Å². The molecule has 39 heavy (non-hydrogen) atoms. The van der Waals surface area contributed by atoms with E-state index in [4.69, 9.17) is 10.7 Å². The van der Waals surface area contributed by atoms with Gasteiger partial charge in [-0.1, -0.05) is 20.8 Å². The van der Waals surface area contributed by atoms with Crippen LogP contribution in [-0.2, 0) is 5.41 Å². The number of hydrogen-bond donors (Lipinski definition) is 4. The number of benzene rings is 1. The van der Waals surface area contributed by atoms with Crippen molar-refractivity contribution in [2.24, 2.45) is 5.73 Å². The molecular weight excluding hydrogens is 492 g/mol. The zero-order valence-electron chi connectivity index (χ0n) is 23.5. The van der Waals surface area contributed by atoms with Crippen molar-refractivity contribution in [1.29, 1.82) is 0 Å². The molecule has 1 unspecified atom stereocenters. The molecule has 2 aromatic heterocycles. The van der Waals surface area contributed by atoms with Crippen LogP contribution in [0.4, 0.5) is 23.0 Å². The Kier molecular flexibility index (Phi) is 8.42. The van der Waals surface area contributed by atoms with E-state index in [1.54, 1.807) is 6.07 Å². The third kappa shape index (κ3) is 6.68. The van der Waals surface area contributed by atoms with Crippen molar-refractivity contribution in [3.63, 3.8) is 0 Å². The number of nitrogens with two attached hydrogens (primary N) is 1. The number of anilines is 4. The second-order valence-corrected chi connectivity index (χ2v) is 10.9. The van der Waals surface area contributed by atoms with E-state index in [-0.39, 0.29) is 17.4 Å². The minimum atomic E-state index is -0.547. The van der Waals surface area contributed by atoms with Crippen molar-refractivity contribution in [3.8, 4) is 0 Å². The van der Waals surface area contributed by atoms with E-state index in [1.807, 2.05) is 36.4 Å². The van der Waals surface area contributed by atoms with Crippen LogP contribution in [0.3, 0.4) is 0 Å². The molecule has 1 fully saturated rings. The third-order valence-corrected chi connectivity index (χ3v) is 7.08. The molecule has 1 aliphatic rings. The molecule has 0 bridgehead atoms. The van der Waals surface area contributed by atoms with Crippen LogP contribution >= 0.6 is 0 Å². The molecule has 10 heteroatoms.